The lowest BCUT2D eigenvalue weighted by atomic mass is 10.0. The van der Waals surface area contributed by atoms with E-state index in [1.807, 2.05) is 12.1 Å². The fraction of sp³-hybridized carbons (Fsp3) is 0.407. The van der Waals surface area contributed by atoms with Gasteiger partial charge < -0.3 is 14.4 Å². The van der Waals surface area contributed by atoms with Gasteiger partial charge in [-0.05, 0) is 30.2 Å². The molecule has 38 heavy (non-hydrogen) atoms. The minimum absolute atomic E-state index is 0.0263. The number of halogens is 1. The Morgan fingerprint density at radius 1 is 1.05 bits per heavy atom. The first kappa shape index (κ1) is 24.3. The first-order valence-electron chi connectivity index (χ1n) is 12.9. The van der Waals surface area contributed by atoms with Gasteiger partial charge in [0.15, 0.2) is 15.5 Å². The lowest BCUT2D eigenvalue weighted by Gasteiger charge is -2.26. The molecular formula is C27H27ClN4O5S. The van der Waals surface area contributed by atoms with E-state index in [1.54, 1.807) is 27.8 Å². The van der Waals surface area contributed by atoms with Crippen LogP contribution in [-0.2, 0) is 31.6 Å². The van der Waals surface area contributed by atoms with Crippen LogP contribution in [0.5, 0.6) is 0 Å². The predicted molar refractivity (Wildman–Crippen MR) is 140 cm³/mol. The summed E-state index contributed by atoms with van der Waals surface area (Å²) < 4.78 is 39.6. The third-order valence-electron chi connectivity index (χ3n) is 7.77. The number of ether oxygens (including phenoxy) is 2. The lowest BCUT2D eigenvalue weighted by Crippen LogP contribution is -2.41. The van der Waals surface area contributed by atoms with E-state index in [1.165, 1.54) is 0 Å². The Balaban J connectivity index is 1.33. The number of aromatic nitrogens is 2. The molecule has 4 aliphatic rings. The molecule has 0 bridgehead atoms. The molecule has 0 unspecified atom stereocenters. The Kier molecular flexibility index (Phi) is 5.86. The third-order valence-corrected chi connectivity index (χ3v) is 9.93. The molecule has 11 heteroatoms. The largest absolute Gasteiger partial charge is 0.379 e. The standard InChI is InChI=1S/C27H27ClN4O5S/c28-21-3-1-2-19-25-20(16-38(34,35)26(19)21)24(27(33)31-10-13-37-23-14-22(23)31)29-32(25)18-6-4-17(5-7-18)15-30-8-11-36-12-9-30/h1-7,22-23H,8-16H2/t22-,23+/m0/s1. The van der Waals surface area contributed by atoms with Crippen LogP contribution in [-0.4, -0.2) is 85.5 Å². The van der Waals surface area contributed by atoms with E-state index in [0.29, 0.717) is 30.0 Å². The molecule has 3 fully saturated rings. The van der Waals surface area contributed by atoms with Gasteiger partial charge in [-0.25, -0.2) is 13.1 Å². The van der Waals surface area contributed by atoms with Crippen molar-refractivity contribution in [1.29, 1.82) is 0 Å². The van der Waals surface area contributed by atoms with E-state index in [9.17, 15) is 13.2 Å². The predicted octanol–water partition coefficient (Wildman–Crippen LogP) is 2.93. The van der Waals surface area contributed by atoms with Crippen molar-refractivity contribution in [1.82, 2.24) is 19.6 Å². The molecule has 0 spiro atoms. The van der Waals surface area contributed by atoms with E-state index in [4.69, 9.17) is 26.2 Å². The van der Waals surface area contributed by atoms with Crippen molar-refractivity contribution in [3.8, 4) is 16.9 Å². The highest BCUT2D eigenvalue weighted by Crippen LogP contribution is 2.44. The second kappa shape index (κ2) is 9.17. The zero-order valence-electron chi connectivity index (χ0n) is 20.7. The van der Waals surface area contributed by atoms with Crippen LogP contribution in [0.2, 0.25) is 5.02 Å². The zero-order valence-corrected chi connectivity index (χ0v) is 22.2. The summed E-state index contributed by atoms with van der Waals surface area (Å²) in [5.74, 6) is -0.575. The number of nitrogens with zero attached hydrogens (tertiary/aromatic N) is 4. The molecule has 4 heterocycles. The quantitative estimate of drug-likeness (QED) is 0.489. The summed E-state index contributed by atoms with van der Waals surface area (Å²) in [5.41, 5.74) is 3.58. The van der Waals surface area contributed by atoms with Crippen LogP contribution < -0.4 is 0 Å². The Morgan fingerprint density at radius 3 is 2.63 bits per heavy atom. The molecule has 2 atom stereocenters. The summed E-state index contributed by atoms with van der Waals surface area (Å²) in [6.07, 6.45) is 0.864. The Morgan fingerprint density at radius 2 is 1.84 bits per heavy atom. The average molecular weight is 555 g/mol. The first-order chi connectivity index (χ1) is 18.4. The molecule has 3 aliphatic heterocycles. The second-order valence-electron chi connectivity index (χ2n) is 10.2. The summed E-state index contributed by atoms with van der Waals surface area (Å²) in [4.78, 5) is 18.0. The smallest absolute Gasteiger partial charge is 0.275 e. The van der Waals surface area contributed by atoms with Crippen LogP contribution in [0.25, 0.3) is 16.9 Å². The highest BCUT2D eigenvalue weighted by Gasteiger charge is 2.49. The van der Waals surface area contributed by atoms with Crippen molar-refractivity contribution in [3.63, 3.8) is 0 Å². The van der Waals surface area contributed by atoms with Gasteiger partial charge in [-0.1, -0.05) is 35.9 Å². The van der Waals surface area contributed by atoms with Gasteiger partial charge in [0.1, 0.15) is 0 Å². The topological polar surface area (TPSA) is 94.0 Å². The van der Waals surface area contributed by atoms with Crippen LogP contribution in [0.4, 0.5) is 0 Å². The molecule has 7 rings (SSSR count). The van der Waals surface area contributed by atoms with Gasteiger partial charge in [0, 0.05) is 37.3 Å². The van der Waals surface area contributed by atoms with Gasteiger partial charge in [-0.3, -0.25) is 9.69 Å². The monoisotopic (exact) mass is 554 g/mol. The van der Waals surface area contributed by atoms with Gasteiger partial charge in [-0.15, -0.1) is 0 Å². The molecule has 0 radical (unpaired) electrons. The fourth-order valence-corrected chi connectivity index (χ4v) is 7.97. The molecule has 2 saturated heterocycles. The number of morpholine rings is 2. The maximum Gasteiger partial charge on any atom is 0.275 e. The van der Waals surface area contributed by atoms with Crippen molar-refractivity contribution in [2.45, 2.75) is 35.8 Å². The van der Waals surface area contributed by atoms with E-state index >= 15 is 0 Å². The minimum atomic E-state index is -3.76. The fourth-order valence-electron chi connectivity index (χ4n) is 5.78. The number of hydrogen-bond donors (Lipinski definition) is 0. The molecule has 1 aromatic heterocycles. The normalized spacial score (nSPS) is 23.9. The molecule has 1 amide bonds. The number of sulfone groups is 1. The number of rotatable bonds is 4. The number of carbonyl (C=O) groups excluding carboxylic acids is 1. The van der Waals surface area contributed by atoms with Crippen LogP contribution >= 0.6 is 11.6 Å². The summed E-state index contributed by atoms with van der Waals surface area (Å²) in [6, 6.07) is 13.1. The van der Waals surface area contributed by atoms with Crippen molar-refractivity contribution in [3.05, 3.63) is 64.3 Å². The SMILES string of the molecule is O=C(c1nn(-c2ccc(CN3CCOCC3)cc2)c2c1CS(=O)(=O)c1c(Cl)cccc1-2)N1CCO[C@@H]2C[C@@H]21. The number of amides is 1. The Hall–Kier alpha value is -2.76. The molecule has 3 aromatic rings. The van der Waals surface area contributed by atoms with Crippen molar-refractivity contribution in [2.24, 2.45) is 0 Å². The van der Waals surface area contributed by atoms with E-state index < -0.39 is 9.84 Å². The Bertz CT molecular complexity index is 1530. The highest BCUT2D eigenvalue weighted by molar-refractivity contribution is 7.91. The van der Waals surface area contributed by atoms with Crippen LogP contribution in [0.15, 0.2) is 47.4 Å². The van der Waals surface area contributed by atoms with Gasteiger partial charge in [0.2, 0.25) is 0 Å². The third kappa shape index (κ3) is 4.06. The second-order valence-corrected chi connectivity index (χ2v) is 12.6. The maximum atomic E-state index is 13.8. The number of hydrogen-bond acceptors (Lipinski definition) is 7. The summed E-state index contributed by atoms with van der Waals surface area (Å²) >= 11 is 6.41. The zero-order chi connectivity index (χ0) is 26.0. The summed E-state index contributed by atoms with van der Waals surface area (Å²) in [7, 11) is -3.76. The van der Waals surface area contributed by atoms with Crippen LogP contribution in [0.1, 0.15) is 28.0 Å². The molecular weight excluding hydrogens is 528 g/mol. The van der Waals surface area contributed by atoms with Gasteiger partial charge in [-0.2, -0.15) is 5.10 Å². The van der Waals surface area contributed by atoms with Crippen molar-refractivity contribution < 1.29 is 22.7 Å². The molecule has 0 N–H and O–H groups in total. The van der Waals surface area contributed by atoms with Crippen molar-refractivity contribution >= 4 is 27.3 Å². The molecule has 1 saturated carbocycles. The van der Waals surface area contributed by atoms with Crippen molar-refractivity contribution in [2.75, 3.05) is 39.5 Å². The molecule has 198 valence electrons. The first-order valence-corrected chi connectivity index (χ1v) is 14.9. The van der Waals surface area contributed by atoms with E-state index in [2.05, 4.69) is 17.0 Å². The van der Waals surface area contributed by atoms with Gasteiger partial charge in [0.05, 0.1) is 59.0 Å². The lowest BCUT2D eigenvalue weighted by molar-refractivity contribution is 0.0258. The van der Waals surface area contributed by atoms with Gasteiger partial charge in [0.25, 0.3) is 5.91 Å². The molecule has 2 aromatic carbocycles. The summed E-state index contributed by atoms with van der Waals surface area (Å²) in [6.45, 7) is 5.03. The molecule has 1 aliphatic carbocycles. The van der Waals surface area contributed by atoms with Crippen LogP contribution in [0, 0.1) is 0 Å². The highest BCUT2D eigenvalue weighted by atomic mass is 35.5. The summed E-state index contributed by atoms with van der Waals surface area (Å²) in [5, 5.41) is 4.95. The average Bonchev–Trinajstić information content (AvgIpc) is 3.62. The van der Waals surface area contributed by atoms with Crippen LogP contribution in [0.3, 0.4) is 0 Å². The number of benzene rings is 2. The number of fused-ring (bicyclic) bond motifs is 4. The van der Waals surface area contributed by atoms with E-state index in [-0.39, 0.29) is 39.4 Å². The molecule has 9 nitrogen and oxygen atoms in total. The Labute approximate surface area is 225 Å². The minimum Gasteiger partial charge on any atom is -0.379 e. The van der Waals surface area contributed by atoms with Gasteiger partial charge >= 0.3 is 0 Å². The number of carbonyl (C=O) groups is 1. The maximum absolute atomic E-state index is 13.8. The van der Waals surface area contributed by atoms with E-state index in [0.717, 1.165) is 50.5 Å².